The monoisotopic (exact) mass is 454 g/mol. The fourth-order valence-electron chi connectivity index (χ4n) is 2.54. The van der Waals surface area contributed by atoms with Gasteiger partial charge in [0.1, 0.15) is 23.9 Å². The van der Waals surface area contributed by atoms with Gasteiger partial charge in [-0.3, -0.25) is 19.2 Å². The second-order valence-corrected chi connectivity index (χ2v) is 8.10. The van der Waals surface area contributed by atoms with Crippen LogP contribution in [0.1, 0.15) is 25.8 Å². The molecule has 0 fully saturated rings. The van der Waals surface area contributed by atoms with Crippen LogP contribution in [0.5, 0.6) is 5.75 Å². The predicted octanol–water partition coefficient (Wildman–Crippen LogP) is -0.406. The first-order valence-corrected chi connectivity index (χ1v) is 11.1. The van der Waals surface area contributed by atoms with Crippen LogP contribution in [-0.4, -0.2) is 70.1 Å². The van der Waals surface area contributed by atoms with Gasteiger partial charge in [-0.2, -0.15) is 11.8 Å². The lowest BCUT2D eigenvalue weighted by atomic mass is 10.1. The molecule has 0 aromatic heterocycles. The van der Waals surface area contributed by atoms with E-state index in [1.165, 1.54) is 37.7 Å². The van der Waals surface area contributed by atoms with Crippen LogP contribution in [0.25, 0.3) is 0 Å². The number of phenolic OH excluding ortho intramolecular Hbond substituents is 1. The van der Waals surface area contributed by atoms with Crippen LogP contribution in [0.3, 0.4) is 0 Å². The van der Waals surface area contributed by atoms with Gasteiger partial charge in [0.15, 0.2) is 0 Å². The highest BCUT2D eigenvalue weighted by molar-refractivity contribution is 7.98. The largest absolute Gasteiger partial charge is 0.508 e. The number of nitrogens with two attached hydrogens (primary N) is 1. The molecule has 0 saturated carbocycles. The first kappa shape index (κ1) is 26.2. The minimum absolute atomic E-state index is 0.102. The molecule has 0 radical (unpaired) electrons. The van der Waals surface area contributed by atoms with Gasteiger partial charge in [0.05, 0.1) is 6.04 Å². The number of phenols is 1. The standard InChI is InChI=1S/C20H30N4O6S/c1-11(22-18(27)15(21)10-13-4-6-14(25)7-5-13)17(26)24-16(8-9-31-3)19(28)23-12(2)20(29)30/h4-7,11-12,15-16,25H,8-10,21H2,1-3H3,(H,22,27)(H,23,28)(H,24,26)(H,29,30). The maximum absolute atomic E-state index is 12.5. The van der Waals surface area contributed by atoms with E-state index in [1.807, 2.05) is 6.26 Å². The summed E-state index contributed by atoms with van der Waals surface area (Å²) in [6.45, 7) is 2.79. The highest BCUT2D eigenvalue weighted by Crippen LogP contribution is 2.11. The second kappa shape index (κ2) is 12.8. The molecule has 0 aliphatic heterocycles. The van der Waals surface area contributed by atoms with Crippen LogP contribution in [0, 0.1) is 0 Å². The molecule has 1 aromatic carbocycles. The highest BCUT2D eigenvalue weighted by Gasteiger charge is 2.27. The number of aromatic hydroxyl groups is 1. The first-order chi connectivity index (χ1) is 14.5. The molecule has 1 aromatic rings. The highest BCUT2D eigenvalue weighted by atomic mass is 32.2. The molecular weight excluding hydrogens is 424 g/mol. The van der Waals surface area contributed by atoms with E-state index in [4.69, 9.17) is 10.8 Å². The molecule has 0 heterocycles. The molecule has 0 spiro atoms. The molecule has 4 atom stereocenters. The number of aliphatic carboxylic acids is 1. The third-order valence-corrected chi connectivity index (χ3v) is 5.10. The van der Waals surface area contributed by atoms with E-state index in [-0.39, 0.29) is 12.2 Å². The molecule has 4 unspecified atom stereocenters. The molecule has 0 aliphatic rings. The van der Waals surface area contributed by atoms with E-state index in [2.05, 4.69) is 16.0 Å². The third-order valence-electron chi connectivity index (χ3n) is 4.45. The molecule has 31 heavy (non-hydrogen) atoms. The van der Waals surface area contributed by atoms with Crippen LogP contribution in [-0.2, 0) is 25.6 Å². The Bertz CT molecular complexity index is 773. The molecule has 0 bridgehead atoms. The number of amides is 3. The number of carbonyl (C=O) groups excluding carboxylic acids is 3. The van der Waals surface area contributed by atoms with Gasteiger partial charge in [-0.1, -0.05) is 12.1 Å². The maximum atomic E-state index is 12.5. The minimum Gasteiger partial charge on any atom is -0.508 e. The van der Waals surface area contributed by atoms with E-state index in [0.29, 0.717) is 12.2 Å². The zero-order valence-electron chi connectivity index (χ0n) is 17.8. The molecular formula is C20H30N4O6S. The number of carboxylic acid groups (broad SMARTS) is 1. The van der Waals surface area contributed by atoms with E-state index >= 15 is 0 Å². The smallest absolute Gasteiger partial charge is 0.325 e. The average molecular weight is 455 g/mol. The maximum Gasteiger partial charge on any atom is 0.325 e. The van der Waals surface area contributed by atoms with E-state index in [1.54, 1.807) is 12.1 Å². The van der Waals surface area contributed by atoms with Crippen molar-refractivity contribution in [3.05, 3.63) is 29.8 Å². The number of carboxylic acids is 1. The molecule has 172 valence electrons. The van der Waals surface area contributed by atoms with Crippen molar-refractivity contribution in [3.8, 4) is 5.75 Å². The van der Waals surface area contributed by atoms with Gasteiger partial charge in [0, 0.05) is 0 Å². The van der Waals surface area contributed by atoms with Crippen LogP contribution in [0.15, 0.2) is 24.3 Å². The number of hydrogen-bond acceptors (Lipinski definition) is 7. The Hall–Kier alpha value is -2.79. The predicted molar refractivity (Wildman–Crippen MR) is 118 cm³/mol. The Labute approximate surface area is 185 Å². The lowest BCUT2D eigenvalue weighted by molar-refractivity contribution is -0.141. The summed E-state index contributed by atoms with van der Waals surface area (Å²) in [5, 5.41) is 25.7. The van der Waals surface area contributed by atoms with Crippen molar-refractivity contribution in [3.63, 3.8) is 0 Å². The van der Waals surface area contributed by atoms with Crippen molar-refractivity contribution in [1.82, 2.24) is 16.0 Å². The zero-order valence-corrected chi connectivity index (χ0v) is 18.6. The fourth-order valence-corrected chi connectivity index (χ4v) is 3.01. The Morgan fingerprint density at radius 1 is 0.968 bits per heavy atom. The molecule has 1 rings (SSSR count). The zero-order chi connectivity index (χ0) is 23.6. The summed E-state index contributed by atoms with van der Waals surface area (Å²) in [5.74, 6) is -2.26. The number of thioether (sulfide) groups is 1. The second-order valence-electron chi connectivity index (χ2n) is 7.12. The van der Waals surface area contributed by atoms with Crippen molar-refractivity contribution >= 4 is 35.5 Å². The summed E-state index contributed by atoms with van der Waals surface area (Å²) in [7, 11) is 0. The van der Waals surface area contributed by atoms with Crippen LogP contribution in [0.2, 0.25) is 0 Å². The summed E-state index contributed by atoms with van der Waals surface area (Å²) in [6, 6.07) is 2.36. The quantitative estimate of drug-likeness (QED) is 0.247. The van der Waals surface area contributed by atoms with Gasteiger partial charge in [-0.25, -0.2) is 0 Å². The molecule has 3 amide bonds. The van der Waals surface area contributed by atoms with E-state index < -0.39 is 47.9 Å². The summed E-state index contributed by atoms with van der Waals surface area (Å²) < 4.78 is 0. The van der Waals surface area contributed by atoms with Gasteiger partial charge in [-0.05, 0) is 56.4 Å². The molecule has 7 N–H and O–H groups in total. The number of rotatable bonds is 12. The molecule has 11 heteroatoms. The SMILES string of the molecule is CSCCC(NC(=O)C(C)NC(=O)C(N)Cc1ccc(O)cc1)C(=O)NC(C)C(=O)O. The lowest BCUT2D eigenvalue weighted by Crippen LogP contribution is -2.56. The number of benzene rings is 1. The van der Waals surface area contributed by atoms with Gasteiger partial charge >= 0.3 is 5.97 Å². The van der Waals surface area contributed by atoms with Crippen molar-refractivity contribution in [2.45, 2.75) is 50.9 Å². The number of nitrogens with one attached hydrogen (secondary N) is 3. The fraction of sp³-hybridized carbons (Fsp3) is 0.500. The average Bonchev–Trinajstić information content (AvgIpc) is 2.72. The summed E-state index contributed by atoms with van der Waals surface area (Å²) >= 11 is 1.47. The third kappa shape index (κ3) is 9.26. The van der Waals surface area contributed by atoms with Crippen LogP contribution >= 0.6 is 11.8 Å². The molecule has 0 aliphatic carbocycles. The first-order valence-electron chi connectivity index (χ1n) is 9.71. The van der Waals surface area contributed by atoms with Crippen LogP contribution in [0.4, 0.5) is 0 Å². The van der Waals surface area contributed by atoms with Crippen LogP contribution < -0.4 is 21.7 Å². The molecule has 10 nitrogen and oxygen atoms in total. The number of carbonyl (C=O) groups is 4. The Morgan fingerprint density at radius 3 is 2.10 bits per heavy atom. The Kier molecular flexibility index (Phi) is 10.8. The van der Waals surface area contributed by atoms with Gasteiger partial charge < -0.3 is 31.9 Å². The van der Waals surface area contributed by atoms with Crippen molar-refractivity contribution in [2.24, 2.45) is 5.73 Å². The number of hydrogen-bond donors (Lipinski definition) is 6. The lowest BCUT2D eigenvalue weighted by Gasteiger charge is -2.23. The normalized spacial score (nSPS) is 14.6. The summed E-state index contributed by atoms with van der Waals surface area (Å²) in [5.41, 5.74) is 6.65. The Balaban J connectivity index is 2.66. The summed E-state index contributed by atoms with van der Waals surface area (Å²) in [6.07, 6.45) is 2.35. The van der Waals surface area contributed by atoms with E-state index in [0.717, 1.165) is 5.56 Å². The van der Waals surface area contributed by atoms with E-state index in [9.17, 15) is 24.3 Å². The minimum atomic E-state index is -1.19. The Morgan fingerprint density at radius 2 is 1.55 bits per heavy atom. The van der Waals surface area contributed by atoms with Crippen molar-refractivity contribution < 1.29 is 29.4 Å². The van der Waals surface area contributed by atoms with Gasteiger partial charge in [0.2, 0.25) is 17.7 Å². The van der Waals surface area contributed by atoms with Gasteiger partial charge in [0.25, 0.3) is 0 Å². The van der Waals surface area contributed by atoms with Crippen molar-refractivity contribution in [1.29, 1.82) is 0 Å². The topological polar surface area (TPSA) is 171 Å². The van der Waals surface area contributed by atoms with Gasteiger partial charge in [-0.15, -0.1) is 0 Å². The summed E-state index contributed by atoms with van der Waals surface area (Å²) in [4.78, 5) is 48.1. The molecule has 0 saturated heterocycles. The van der Waals surface area contributed by atoms with Crippen molar-refractivity contribution in [2.75, 3.05) is 12.0 Å².